The van der Waals surface area contributed by atoms with E-state index in [4.69, 9.17) is 11.5 Å². The minimum Gasteiger partial charge on any atom is -0.508 e. The third-order valence-electron chi connectivity index (χ3n) is 5.83. The number of phenolic OH excluding ortho intramolecular Hbond substituents is 1. The van der Waals surface area contributed by atoms with Crippen LogP contribution in [0.2, 0.25) is 0 Å². The summed E-state index contributed by atoms with van der Waals surface area (Å²) in [6.45, 7) is 3.61. The highest BCUT2D eigenvalue weighted by molar-refractivity contribution is 7.98. The van der Waals surface area contributed by atoms with Gasteiger partial charge in [0, 0.05) is 6.42 Å². The number of phenols is 1. The van der Waals surface area contributed by atoms with Gasteiger partial charge in [-0.1, -0.05) is 32.4 Å². The van der Waals surface area contributed by atoms with Gasteiger partial charge in [0.05, 0.1) is 12.5 Å². The molecular formula is C24H37N5O7S. The molecule has 0 aliphatic heterocycles. The quantitative estimate of drug-likeness (QED) is 0.144. The Kier molecular flexibility index (Phi) is 13.5. The van der Waals surface area contributed by atoms with Crippen molar-refractivity contribution in [2.24, 2.45) is 17.4 Å². The minimum absolute atomic E-state index is 0.00123. The summed E-state index contributed by atoms with van der Waals surface area (Å²) in [6, 6.07) is 1.10. The Morgan fingerprint density at radius 2 is 1.49 bits per heavy atom. The van der Waals surface area contributed by atoms with Crippen molar-refractivity contribution in [1.82, 2.24) is 16.0 Å². The first-order valence-electron chi connectivity index (χ1n) is 11.8. The van der Waals surface area contributed by atoms with E-state index in [0.29, 0.717) is 17.7 Å². The van der Waals surface area contributed by atoms with Gasteiger partial charge in [0.15, 0.2) is 0 Å². The van der Waals surface area contributed by atoms with Crippen LogP contribution in [0.15, 0.2) is 24.3 Å². The SMILES string of the molecule is CCC(C)C(N)C(=O)NC(CC(N)=O)C(=O)NC(Cc1ccc(O)cc1)C(=O)NC(CCSC)C(=O)O. The molecule has 4 amide bonds. The molecule has 12 nitrogen and oxygen atoms in total. The van der Waals surface area contributed by atoms with Gasteiger partial charge in [-0.25, -0.2) is 4.79 Å². The van der Waals surface area contributed by atoms with Crippen molar-refractivity contribution in [3.8, 4) is 5.75 Å². The number of thioether (sulfide) groups is 1. The summed E-state index contributed by atoms with van der Waals surface area (Å²) in [5, 5.41) is 26.4. The Balaban J connectivity index is 3.16. The first-order chi connectivity index (χ1) is 17.4. The van der Waals surface area contributed by atoms with E-state index in [-0.39, 0.29) is 24.5 Å². The number of nitrogens with one attached hydrogen (secondary N) is 3. The maximum Gasteiger partial charge on any atom is 0.326 e. The summed E-state index contributed by atoms with van der Waals surface area (Å²) in [5.41, 5.74) is 11.8. The van der Waals surface area contributed by atoms with Crippen LogP contribution in [0.4, 0.5) is 0 Å². The van der Waals surface area contributed by atoms with E-state index in [1.54, 1.807) is 13.2 Å². The molecule has 37 heavy (non-hydrogen) atoms. The number of carbonyl (C=O) groups is 5. The van der Waals surface area contributed by atoms with Crippen molar-refractivity contribution in [2.45, 2.75) is 63.7 Å². The van der Waals surface area contributed by atoms with Crippen LogP contribution in [0, 0.1) is 5.92 Å². The monoisotopic (exact) mass is 539 g/mol. The lowest BCUT2D eigenvalue weighted by Crippen LogP contribution is -2.58. The maximum absolute atomic E-state index is 13.1. The van der Waals surface area contributed by atoms with Crippen LogP contribution in [0.5, 0.6) is 5.75 Å². The zero-order chi connectivity index (χ0) is 28.1. The summed E-state index contributed by atoms with van der Waals surface area (Å²) in [5.74, 6) is -4.09. The second kappa shape index (κ2) is 15.7. The molecular weight excluding hydrogens is 502 g/mol. The third kappa shape index (κ3) is 11.1. The number of rotatable bonds is 16. The van der Waals surface area contributed by atoms with Crippen LogP contribution in [-0.4, -0.2) is 76.0 Å². The van der Waals surface area contributed by atoms with Crippen molar-refractivity contribution in [2.75, 3.05) is 12.0 Å². The molecule has 1 rings (SSSR count). The number of carboxylic acids is 1. The molecule has 0 aliphatic carbocycles. The Morgan fingerprint density at radius 1 is 0.946 bits per heavy atom. The highest BCUT2D eigenvalue weighted by Crippen LogP contribution is 2.13. The lowest BCUT2D eigenvalue weighted by molar-refractivity contribution is -0.142. The molecule has 0 saturated carbocycles. The van der Waals surface area contributed by atoms with E-state index in [9.17, 15) is 34.2 Å². The van der Waals surface area contributed by atoms with Crippen LogP contribution < -0.4 is 27.4 Å². The summed E-state index contributed by atoms with van der Waals surface area (Å²) in [4.78, 5) is 62.0. The van der Waals surface area contributed by atoms with Gasteiger partial charge in [-0.2, -0.15) is 11.8 Å². The van der Waals surface area contributed by atoms with Crippen molar-refractivity contribution in [3.63, 3.8) is 0 Å². The van der Waals surface area contributed by atoms with Gasteiger partial charge in [0.1, 0.15) is 23.9 Å². The van der Waals surface area contributed by atoms with Gasteiger partial charge in [0.25, 0.3) is 0 Å². The van der Waals surface area contributed by atoms with Crippen LogP contribution in [0.3, 0.4) is 0 Å². The fourth-order valence-corrected chi connectivity index (χ4v) is 3.78. The Hall–Kier alpha value is -3.32. The maximum atomic E-state index is 13.1. The highest BCUT2D eigenvalue weighted by atomic mass is 32.2. The van der Waals surface area contributed by atoms with E-state index in [0.717, 1.165) is 0 Å². The molecule has 13 heteroatoms. The van der Waals surface area contributed by atoms with Gasteiger partial charge < -0.3 is 37.6 Å². The molecule has 1 aromatic carbocycles. The van der Waals surface area contributed by atoms with Crippen LogP contribution >= 0.6 is 11.8 Å². The summed E-state index contributed by atoms with van der Waals surface area (Å²) < 4.78 is 0. The third-order valence-corrected chi connectivity index (χ3v) is 6.48. The lowest BCUT2D eigenvalue weighted by atomic mass is 9.98. The molecule has 5 atom stereocenters. The average molecular weight is 540 g/mol. The van der Waals surface area contributed by atoms with Gasteiger partial charge >= 0.3 is 5.97 Å². The number of benzene rings is 1. The topological polar surface area (TPSA) is 214 Å². The largest absolute Gasteiger partial charge is 0.508 e. The molecule has 0 saturated heterocycles. The number of carbonyl (C=O) groups excluding carboxylic acids is 4. The zero-order valence-electron chi connectivity index (χ0n) is 21.2. The molecule has 0 bridgehead atoms. The second-order valence-corrected chi connectivity index (χ2v) is 9.74. The number of primary amides is 1. The summed E-state index contributed by atoms with van der Waals surface area (Å²) >= 11 is 1.42. The zero-order valence-corrected chi connectivity index (χ0v) is 22.0. The number of aliphatic carboxylic acids is 1. The van der Waals surface area contributed by atoms with Crippen molar-refractivity contribution >= 4 is 41.4 Å². The van der Waals surface area contributed by atoms with E-state index >= 15 is 0 Å². The van der Waals surface area contributed by atoms with Gasteiger partial charge in [-0.3, -0.25) is 19.2 Å². The average Bonchev–Trinajstić information content (AvgIpc) is 2.85. The Bertz CT molecular complexity index is 944. The first-order valence-corrected chi connectivity index (χ1v) is 13.2. The number of hydrogen-bond donors (Lipinski definition) is 7. The molecule has 0 fully saturated rings. The molecule has 0 heterocycles. The van der Waals surface area contributed by atoms with Gasteiger partial charge in [-0.15, -0.1) is 0 Å². The Labute approximate surface area is 220 Å². The molecule has 5 unspecified atom stereocenters. The van der Waals surface area contributed by atoms with E-state index in [1.165, 1.54) is 36.0 Å². The Morgan fingerprint density at radius 3 is 2.00 bits per heavy atom. The predicted molar refractivity (Wildman–Crippen MR) is 139 cm³/mol. The van der Waals surface area contributed by atoms with Gasteiger partial charge in [-0.05, 0) is 42.0 Å². The predicted octanol–water partition coefficient (Wildman–Crippen LogP) is -0.524. The minimum atomic E-state index is -1.40. The van der Waals surface area contributed by atoms with Crippen molar-refractivity contribution in [1.29, 1.82) is 0 Å². The van der Waals surface area contributed by atoms with Gasteiger partial charge in [0.2, 0.25) is 23.6 Å². The molecule has 0 aliphatic rings. The van der Waals surface area contributed by atoms with E-state index in [1.807, 2.05) is 6.92 Å². The normalized spacial score (nSPS) is 14.9. The molecule has 0 radical (unpaired) electrons. The van der Waals surface area contributed by atoms with Crippen LogP contribution in [0.25, 0.3) is 0 Å². The number of carboxylic acid groups (broad SMARTS) is 1. The number of amides is 4. The smallest absolute Gasteiger partial charge is 0.326 e. The number of aromatic hydroxyl groups is 1. The second-order valence-electron chi connectivity index (χ2n) is 8.76. The molecule has 206 valence electrons. The molecule has 9 N–H and O–H groups in total. The highest BCUT2D eigenvalue weighted by Gasteiger charge is 2.32. The first kappa shape index (κ1) is 31.7. The summed E-state index contributed by atoms with van der Waals surface area (Å²) in [7, 11) is 0. The van der Waals surface area contributed by atoms with E-state index < -0.39 is 60.2 Å². The molecule has 0 spiro atoms. The fourth-order valence-electron chi connectivity index (χ4n) is 3.31. The lowest BCUT2D eigenvalue weighted by Gasteiger charge is -2.25. The standard InChI is InChI=1S/C24H37N5O7S/c1-4-13(2)20(26)23(34)29-18(12-19(25)31)22(33)28-17(11-14-5-7-15(30)8-6-14)21(32)27-16(24(35)36)9-10-37-3/h5-8,13,16-18,20,30H,4,9-12,26H2,1-3H3,(H2,25,31)(H,27,32)(H,28,33)(H,29,34)(H,35,36). The van der Waals surface area contributed by atoms with Crippen LogP contribution in [-0.2, 0) is 30.4 Å². The molecule has 0 aromatic heterocycles. The van der Waals surface area contributed by atoms with Crippen molar-refractivity contribution in [3.05, 3.63) is 29.8 Å². The summed E-state index contributed by atoms with van der Waals surface area (Å²) in [6.07, 6.45) is 1.97. The number of hydrogen-bond acceptors (Lipinski definition) is 8. The number of nitrogens with two attached hydrogens (primary N) is 2. The van der Waals surface area contributed by atoms with Crippen LogP contribution in [0.1, 0.15) is 38.7 Å². The fraction of sp³-hybridized carbons (Fsp3) is 0.542. The van der Waals surface area contributed by atoms with Crippen molar-refractivity contribution < 1.29 is 34.2 Å². The van der Waals surface area contributed by atoms with E-state index in [2.05, 4.69) is 16.0 Å². The molecule has 1 aromatic rings.